The molecule has 7 nitrogen and oxygen atoms in total. The van der Waals surface area contributed by atoms with Crippen molar-refractivity contribution in [2.75, 3.05) is 17.1 Å². The van der Waals surface area contributed by atoms with Crippen molar-refractivity contribution in [2.45, 2.75) is 36.1 Å². The summed E-state index contributed by atoms with van der Waals surface area (Å²) in [6, 6.07) is 18.5. The van der Waals surface area contributed by atoms with E-state index < -0.39 is 38.4 Å². The lowest BCUT2D eigenvalue weighted by Crippen LogP contribution is -2.42. The maximum atomic E-state index is 13.5. The highest BCUT2D eigenvalue weighted by Crippen LogP contribution is 2.28. The standard InChI is InChI=1S/C25H27ClN2O5S2/c1-4-24(19-11-14-21(15-12-19)34(3,30)31)27-25(29)17-28(20-13-10-18(2)23(26)16-20)35(32,33)22-8-6-5-7-9-22/h5-16,24H,4,17H2,1-3H3,(H,27,29). The fourth-order valence-electron chi connectivity index (χ4n) is 3.51. The molecule has 1 unspecified atom stereocenters. The first-order chi connectivity index (χ1) is 16.4. The first-order valence-corrected chi connectivity index (χ1v) is 14.6. The van der Waals surface area contributed by atoms with E-state index >= 15 is 0 Å². The van der Waals surface area contributed by atoms with Gasteiger partial charge in [0.15, 0.2) is 9.84 Å². The van der Waals surface area contributed by atoms with Crippen molar-refractivity contribution in [3.8, 4) is 0 Å². The van der Waals surface area contributed by atoms with Gasteiger partial charge in [0.2, 0.25) is 5.91 Å². The Balaban J connectivity index is 1.90. The van der Waals surface area contributed by atoms with Crippen molar-refractivity contribution in [2.24, 2.45) is 0 Å². The second kappa shape index (κ2) is 10.8. The van der Waals surface area contributed by atoms with Gasteiger partial charge in [-0.2, -0.15) is 0 Å². The number of halogens is 1. The van der Waals surface area contributed by atoms with Gasteiger partial charge in [0, 0.05) is 11.3 Å². The van der Waals surface area contributed by atoms with Crippen molar-refractivity contribution < 1.29 is 21.6 Å². The van der Waals surface area contributed by atoms with E-state index in [1.54, 1.807) is 49.4 Å². The zero-order chi connectivity index (χ0) is 25.8. The summed E-state index contributed by atoms with van der Waals surface area (Å²) in [5.74, 6) is -0.514. The number of carbonyl (C=O) groups excluding carboxylic acids is 1. The van der Waals surface area contributed by atoms with E-state index in [-0.39, 0.29) is 15.5 Å². The Hall–Kier alpha value is -2.88. The average Bonchev–Trinajstić information content (AvgIpc) is 2.83. The van der Waals surface area contributed by atoms with Crippen molar-refractivity contribution in [1.82, 2.24) is 5.32 Å². The molecule has 3 aromatic rings. The van der Waals surface area contributed by atoms with Gasteiger partial charge >= 0.3 is 0 Å². The second-order valence-electron chi connectivity index (χ2n) is 8.13. The molecule has 0 fully saturated rings. The number of hydrogen-bond donors (Lipinski definition) is 1. The van der Waals surface area contributed by atoms with E-state index in [1.165, 1.54) is 30.3 Å². The molecule has 0 spiro atoms. The molecule has 0 aliphatic heterocycles. The van der Waals surface area contributed by atoms with Crippen LogP contribution in [0.5, 0.6) is 0 Å². The molecule has 0 aliphatic carbocycles. The molecule has 10 heteroatoms. The Morgan fingerprint density at radius 1 is 0.943 bits per heavy atom. The highest BCUT2D eigenvalue weighted by atomic mass is 35.5. The van der Waals surface area contributed by atoms with Crippen LogP contribution in [0.3, 0.4) is 0 Å². The summed E-state index contributed by atoms with van der Waals surface area (Å²) in [6.07, 6.45) is 1.64. The van der Waals surface area contributed by atoms with Crippen LogP contribution < -0.4 is 9.62 Å². The minimum absolute atomic E-state index is 0.0490. The molecular formula is C25H27ClN2O5S2. The van der Waals surface area contributed by atoms with Crippen molar-refractivity contribution in [3.63, 3.8) is 0 Å². The molecule has 1 atom stereocenters. The van der Waals surface area contributed by atoms with Crippen LogP contribution in [0.4, 0.5) is 5.69 Å². The lowest BCUT2D eigenvalue weighted by atomic mass is 10.0. The molecule has 186 valence electrons. The summed E-state index contributed by atoms with van der Waals surface area (Å²) in [7, 11) is -7.40. The highest BCUT2D eigenvalue weighted by Gasteiger charge is 2.28. The van der Waals surface area contributed by atoms with Gasteiger partial charge in [0.05, 0.1) is 21.5 Å². The van der Waals surface area contributed by atoms with Crippen molar-refractivity contribution in [1.29, 1.82) is 0 Å². The number of nitrogens with zero attached hydrogens (tertiary/aromatic N) is 1. The van der Waals surface area contributed by atoms with Crippen LogP contribution in [0.25, 0.3) is 0 Å². The number of sulfone groups is 1. The van der Waals surface area contributed by atoms with Gasteiger partial charge in [-0.25, -0.2) is 16.8 Å². The molecule has 35 heavy (non-hydrogen) atoms. The molecule has 0 aromatic heterocycles. The largest absolute Gasteiger partial charge is 0.348 e. The number of sulfonamides is 1. The Bertz CT molecular complexity index is 1410. The maximum absolute atomic E-state index is 13.5. The number of anilines is 1. The van der Waals surface area contributed by atoms with Gasteiger partial charge in [0.25, 0.3) is 10.0 Å². The molecule has 0 radical (unpaired) electrons. The third kappa shape index (κ3) is 6.42. The monoisotopic (exact) mass is 534 g/mol. The van der Waals surface area contributed by atoms with Gasteiger partial charge in [-0.05, 0) is 60.9 Å². The number of amides is 1. The maximum Gasteiger partial charge on any atom is 0.264 e. The number of benzene rings is 3. The predicted octanol–water partition coefficient (Wildman–Crippen LogP) is 4.51. The number of rotatable bonds is 9. The number of hydrogen-bond acceptors (Lipinski definition) is 5. The van der Waals surface area contributed by atoms with Crippen molar-refractivity contribution >= 4 is 43.1 Å². The second-order valence-corrected chi connectivity index (χ2v) is 12.4. The zero-order valence-electron chi connectivity index (χ0n) is 19.6. The molecule has 0 saturated carbocycles. The first-order valence-electron chi connectivity index (χ1n) is 10.9. The topological polar surface area (TPSA) is 101 Å². The van der Waals surface area contributed by atoms with Gasteiger partial charge in [-0.3, -0.25) is 9.10 Å². The lowest BCUT2D eigenvalue weighted by Gasteiger charge is -2.26. The van der Waals surface area contributed by atoms with Crippen LogP contribution in [0.15, 0.2) is 82.6 Å². The molecule has 1 N–H and O–H groups in total. The molecule has 3 aromatic carbocycles. The predicted molar refractivity (Wildman–Crippen MR) is 138 cm³/mol. The smallest absolute Gasteiger partial charge is 0.264 e. The highest BCUT2D eigenvalue weighted by molar-refractivity contribution is 7.93. The number of aryl methyl sites for hydroxylation is 1. The fraction of sp³-hybridized carbons (Fsp3) is 0.240. The lowest BCUT2D eigenvalue weighted by molar-refractivity contribution is -0.120. The van der Waals surface area contributed by atoms with E-state index in [9.17, 15) is 21.6 Å². The molecule has 0 aliphatic rings. The van der Waals surface area contributed by atoms with Gasteiger partial charge in [-0.15, -0.1) is 0 Å². The Morgan fingerprint density at radius 3 is 2.11 bits per heavy atom. The van der Waals surface area contributed by atoms with E-state index in [0.717, 1.165) is 16.1 Å². The van der Waals surface area contributed by atoms with Gasteiger partial charge in [0.1, 0.15) is 6.54 Å². The van der Waals surface area contributed by atoms with Crippen LogP contribution in [-0.4, -0.2) is 35.5 Å². The van der Waals surface area contributed by atoms with E-state index in [1.807, 2.05) is 6.92 Å². The first kappa shape index (κ1) is 26.7. The van der Waals surface area contributed by atoms with Crippen LogP contribution in [0, 0.1) is 6.92 Å². The molecule has 0 heterocycles. The van der Waals surface area contributed by atoms with E-state index in [0.29, 0.717) is 17.0 Å². The van der Waals surface area contributed by atoms with E-state index in [4.69, 9.17) is 11.6 Å². The van der Waals surface area contributed by atoms with E-state index in [2.05, 4.69) is 5.32 Å². The molecular weight excluding hydrogens is 508 g/mol. The minimum Gasteiger partial charge on any atom is -0.348 e. The van der Waals surface area contributed by atoms with Crippen LogP contribution in [0.1, 0.15) is 30.5 Å². The summed E-state index contributed by atoms with van der Waals surface area (Å²) in [5.41, 5.74) is 1.76. The number of carbonyl (C=O) groups is 1. The van der Waals surface area contributed by atoms with Crippen LogP contribution in [0.2, 0.25) is 5.02 Å². The summed E-state index contributed by atoms with van der Waals surface area (Å²) in [4.78, 5) is 13.3. The van der Waals surface area contributed by atoms with Gasteiger partial charge < -0.3 is 5.32 Å². The third-order valence-electron chi connectivity index (χ3n) is 5.52. The van der Waals surface area contributed by atoms with Crippen molar-refractivity contribution in [3.05, 3.63) is 88.9 Å². The minimum atomic E-state index is -4.06. The Kier molecular flexibility index (Phi) is 8.25. The molecule has 3 rings (SSSR count). The Morgan fingerprint density at radius 2 is 1.57 bits per heavy atom. The zero-order valence-corrected chi connectivity index (χ0v) is 22.0. The summed E-state index contributed by atoms with van der Waals surface area (Å²) < 4.78 is 51.4. The Labute approximate surface area is 211 Å². The third-order valence-corrected chi connectivity index (χ3v) is 8.84. The SMILES string of the molecule is CCC(NC(=O)CN(c1ccc(C)c(Cl)c1)S(=O)(=O)c1ccccc1)c1ccc(S(C)(=O)=O)cc1. The number of nitrogens with one attached hydrogen (secondary N) is 1. The normalized spacial score (nSPS) is 12.7. The molecule has 0 bridgehead atoms. The quantitative estimate of drug-likeness (QED) is 0.435. The summed E-state index contributed by atoms with van der Waals surface area (Å²) in [5, 5.41) is 3.25. The van der Waals surface area contributed by atoms with Crippen LogP contribution in [-0.2, 0) is 24.7 Å². The summed E-state index contributed by atoms with van der Waals surface area (Å²) in [6.45, 7) is 3.21. The fourth-order valence-corrected chi connectivity index (χ4v) is 5.75. The van der Waals surface area contributed by atoms with Gasteiger partial charge in [-0.1, -0.05) is 54.9 Å². The average molecular weight is 535 g/mol. The summed E-state index contributed by atoms with van der Waals surface area (Å²) >= 11 is 6.26. The molecule has 0 saturated heterocycles. The van der Waals surface area contributed by atoms with Crippen LogP contribution >= 0.6 is 11.6 Å². The molecule has 1 amide bonds.